The predicted molar refractivity (Wildman–Crippen MR) is 117 cm³/mol. The molecule has 0 radical (unpaired) electrons. The highest BCUT2D eigenvalue weighted by Crippen LogP contribution is 2.22. The number of aryl methyl sites for hydroxylation is 2. The minimum absolute atomic E-state index is 0.0257. The lowest BCUT2D eigenvalue weighted by Crippen LogP contribution is -2.27. The topological polar surface area (TPSA) is 86.7 Å². The highest BCUT2D eigenvalue weighted by atomic mass is 32.2. The first-order chi connectivity index (χ1) is 14.2. The molecule has 0 aliphatic carbocycles. The molecule has 1 amide bonds. The molecule has 0 saturated heterocycles. The SMILES string of the molecule is Cc1ccccc1NS(=O)(=O)c1ccc(C)c(C(=O)N(C)Cc2ccc(O)cc2)c1. The number of sulfonamides is 1. The van der Waals surface area contributed by atoms with Crippen LogP contribution in [-0.2, 0) is 16.6 Å². The fraction of sp³-hybridized carbons (Fsp3) is 0.174. The Bertz CT molecular complexity index is 1170. The van der Waals surface area contributed by atoms with Crippen LogP contribution in [0.25, 0.3) is 0 Å². The van der Waals surface area contributed by atoms with Crippen molar-refractivity contribution >= 4 is 21.6 Å². The molecule has 0 unspecified atom stereocenters. The van der Waals surface area contributed by atoms with Crippen LogP contribution >= 0.6 is 0 Å². The van der Waals surface area contributed by atoms with Gasteiger partial charge < -0.3 is 10.0 Å². The fourth-order valence-electron chi connectivity index (χ4n) is 3.04. The van der Waals surface area contributed by atoms with Crippen molar-refractivity contribution in [2.24, 2.45) is 0 Å². The molecule has 0 spiro atoms. The van der Waals surface area contributed by atoms with Crippen molar-refractivity contribution in [1.29, 1.82) is 0 Å². The zero-order chi connectivity index (χ0) is 21.9. The quantitative estimate of drug-likeness (QED) is 0.624. The Labute approximate surface area is 176 Å². The zero-order valence-corrected chi connectivity index (χ0v) is 17.9. The Hall–Kier alpha value is -3.32. The van der Waals surface area contributed by atoms with E-state index in [2.05, 4.69) is 4.72 Å². The maximum atomic E-state index is 13.0. The molecule has 0 aromatic heterocycles. The van der Waals surface area contributed by atoms with E-state index in [0.717, 1.165) is 11.1 Å². The van der Waals surface area contributed by atoms with E-state index < -0.39 is 10.0 Å². The molecule has 0 heterocycles. The molecule has 0 fully saturated rings. The number of aromatic hydroxyl groups is 1. The van der Waals surface area contributed by atoms with Crippen molar-refractivity contribution in [3.05, 3.63) is 89.0 Å². The van der Waals surface area contributed by atoms with Crippen molar-refractivity contribution < 1.29 is 18.3 Å². The Morgan fingerprint density at radius 3 is 2.30 bits per heavy atom. The van der Waals surface area contributed by atoms with E-state index in [4.69, 9.17) is 0 Å². The van der Waals surface area contributed by atoms with Crippen molar-refractivity contribution in [1.82, 2.24) is 4.90 Å². The molecule has 2 N–H and O–H groups in total. The largest absolute Gasteiger partial charge is 0.508 e. The van der Waals surface area contributed by atoms with Gasteiger partial charge in [0.05, 0.1) is 10.6 Å². The summed E-state index contributed by atoms with van der Waals surface area (Å²) in [5.41, 5.74) is 3.16. The molecule has 7 heteroatoms. The molecular weight excluding hydrogens is 400 g/mol. The van der Waals surface area contributed by atoms with Gasteiger partial charge in [-0.05, 0) is 60.9 Å². The summed E-state index contributed by atoms with van der Waals surface area (Å²) in [4.78, 5) is 14.5. The number of anilines is 1. The molecule has 3 aromatic rings. The van der Waals surface area contributed by atoms with Crippen LogP contribution in [0.1, 0.15) is 27.0 Å². The molecule has 30 heavy (non-hydrogen) atoms. The Kier molecular flexibility index (Phi) is 6.12. The number of hydrogen-bond acceptors (Lipinski definition) is 4. The summed E-state index contributed by atoms with van der Waals surface area (Å²) in [6.45, 7) is 3.92. The number of amides is 1. The van der Waals surface area contributed by atoms with Gasteiger partial charge in [0.2, 0.25) is 0 Å². The van der Waals surface area contributed by atoms with Gasteiger partial charge in [-0.25, -0.2) is 8.42 Å². The third-order valence-corrected chi connectivity index (χ3v) is 6.21. The maximum absolute atomic E-state index is 13.0. The summed E-state index contributed by atoms with van der Waals surface area (Å²) in [6.07, 6.45) is 0. The lowest BCUT2D eigenvalue weighted by molar-refractivity contribution is 0.0784. The number of phenols is 1. The number of nitrogens with zero attached hydrogens (tertiary/aromatic N) is 1. The van der Waals surface area contributed by atoms with Gasteiger partial charge in [-0.1, -0.05) is 36.4 Å². The summed E-state index contributed by atoms with van der Waals surface area (Å²) >= 11 is 0. The van der Waals surface area contributed by atoms with Gasteiger partial charge in [-0.3, -0.25) is 9.52 Å². The van der Waals surface area contributed by atoms with Crippen molar-refractivity contribution in [2.75, 3.05) is 11.8 Å². The lowest BCUT2D eigenvalue weighted by Gasteiger charge is -2.19. The molecule has 156 valence electrons. The minimum atomic E-state index is -3.85. The fourth-order valence-corrected chi connectivity index (χ4v) is 4.20. The first-order valence-corrected chi connectivity index (χ1v) is 10.9. The van der Waals surface area contributed by atoms with E-state index in [1.165, 1.54) is 17.0 Å². The van der Waals surface area contributed by atoms with Gasteiger partial charge in [0.25, 0.3) is 15.9 Å². The lowest BCUT2D eigenvalue weighted by atomic mass is 10.1. The Morgan fingerprint density at radius 2 is 1.63 bits per heavy atom. The molecule has 0 aliphatic heterocycles. The van der Waals surface area contributed by atoms with Crippen LogP contribution in [0.5, 0.6) is 5.75 Å². The number of para-hydroxylation sites is 1. The van der Waals surface area contributed by atoms with Crippen LogP contribution < -0.4 is 4.72 Å². The van der Waals surface area contributed by atoms with E-state index in [-0.39, 0.29) is 16.6 Å². The van der Waals surface area contributed by atoms with E-state index in [0.29, 0.717) is 23.4 Å². The standard InChI is InChI=1S/C23H24N2O4S/c1-16-8-13-20(30(28,29)24-22-7-5-4-6-17(22)2)14-21(16)23(27)25(3)15-18-9-11-19(26)12-10-18/h4-14,24,26H,15H2,1-3H3. The zero-order valence-electron chi connectivity index (χ0n) is 17.1. The van der Waals surface area contributed by atoms with Crippen molar-refractivity contribution in [3.63, 3.8) is 0 Å². The average Bonchev–Trinajstić information content (AvgIpc) is 2.71. The number of phenolic OH excluding ortho intramolecular Hbond substituents is 1. The molecule has 3 aromatic carbocycles. The maximum Gasteiger partial charge on any atom is 0.261 e. The second-order valence-electron chi connectivity index (χ2n) is 7.22. The summed E-state index contributed by atoms with van der Waals surface area (Å²) in [5.74, 6) is -0.129. The van der Waals surface area contributed by atoms with E-state index in [1.807, 2.05) is 19.1 Å². The van der Waals surface area contributed by atoms with E-state index >= 15 is 0 Å². The summed E-state index contributed by atoms with van der Waals surface area (Å²) in [6, 6.07) is 18.2. The van der Waals surface area contributed by atoms with Crippen LogP contribution in [0.3, 0.4) is 0 Å². The number of carbonyl (C=O) groups is 1. The molecular formula is C23H24N2O4S. The van der Waals surface area contributed by atoms with Crippen LogP contribution in [0.15, 0.2) is 71.6 Å². The predicted octanol–water partition coefficient (Wildman–Crippen LogP) is 4.08. The molecule has 0 aliphatic rings. The number of carbonyl (C=O) groups excluding carboxylic acids is 1. The van der Waals surface area contributed by atoms with Crippen LogP contribution in [0.4, 0.5) is 5.69 Å². The van der Waals surface area contributed by atoms with E-state index in [9.17, 15) is 18.3 Å². The van der Waals surface area contributed by atoms with Crippen LogP contribution in [0.2, 0.25) is 0 Å². The van der Waals surface area contributed by atoms with Gasteiger partial charge >= 0.3 is 0 Å². The first kappa shape index (κ1) is 21.4. The van der Waals surface area contributed by atoms with Gasteiger partial charge in [-0.15, -0.1) is 0 Å². The number of nitrogens with one attached hydrogen (secondary N) is 1. The highest BCUT2D eigenvalue weighted by molar-refractivity contribution is 7.92. The van der Waals surface area contributed by atoms with Crippen LogP contribution in [0, 0.1) is 13.8 Å². The first-order valence-electron chi connectivity index (χ1n) is 9.40. The summed E-state index contributed by atoms with van der Waals surface area (Å²) in [5, 5.41) is 9.40. The van der Waals surface area contributed by atoms with Gasteiger partial charge in [0.15, 0.2) is 0 Å². The normalized spacial score (nSPS) is 11.2. The third kappa shape index (κ3) is 4.80. The number of benzene rings is 3. The van der Waals surface area contributed by atoms with Gasteiger partial charge in [-0.2, -0.15) is 0 Å². The second-order valence-corrected chi connectivity index (χ2v) is 8.91. The second kappa shape index (κ2) is 8.59. The van der Waals surface area contributed by atoms with Crippen molar-refractivity contribution in [2.45, 2.75) is 25.3 Å². The highest BCUT2D eigenvalue weighted by Gasteiger charge is 2.21. The third-order valence-electron chi connectivity index (χ3n) is 4.84. The monoisotopic (exact) mass is 424 g/mol. The number of hydrogen-bond donors (Lipinski definition) is 2. The van der Waals surface area contributed by atoms with Gasteiger partial charge in [0, 0.05) is 19.2 Å². The molecule has 3 rings (SSSR count). The smallest absolute Gasteiger partial charge is 0.261 e. The van der Waals surface area contributed by atoms with Crippen molar-refractivity contribution in [3.8, 4) is 5.75 Å². The minimum Gasteiger partial charge on any atom is -0.508 e. The van der Waals surface area contributed by atoms with Crippen LogP contribution in [-0.4, -0.2) is 31.4 Å². The van der Waals surface area contributed by atoms with Gasteiger partial charge in [0.1, 0.15) is 5.75 Å². The molecule has 0 saturated carbocycles. The Balaban J connectivity index is 1.86. The molecule has 0 bridgehead atoms. The number of rotatable bonds is 6. The molecule has 0 atom stereocenters. The summed E-state index contributed by atoms with van der Waals surface area (Å²) in [7, 11) is -2.19. The average molecular weight is 425 g/mol. The Morgan fingerprint density at radius 1 is 0.967 bits per heavy atom. The summed E-state index contributed by atoms with van der Waals surface area (Å²) < 4.78 is 28.3. The van der Waals surface area contributed by atoms with E-state index in [1.54, 1.807) is 56.4 Å². The molecule has 6 nitrogen and oxygen atoms in total.